The summed E-state index contributed by atoms with van der Waals surface area (Å²) in [6.07, 6.45) is 1.38. The van der Waals surface area contributed by atoms with E-state index in [2.05, 4.69) is 15.4 Å². The lowest BCUT2D eigenvalue weighted by Crippen LogP contribution is -2.15. The first-order valence-electron chi connectivity index (χ1n) is 8.72. The molecule has 0 N–H and O–H groups in total. The molecule has 8 nitrogen and oxygen atoms in total. The van der Waals surface area contributed by atoms with Gasteiger partial charge >= 0.3 is 5.97 Å². The number of carbonyl (C=O) groups excluding carboxylic acids is 2. The lowest BCUT2D eigenvalue weighted by molar-refractivity contribution is 0.0512. The van der Waals surface area contributed by atoms with Crippen molar-refractivity contribution in [3.63, 3.8) is 0 Å². The normalized spacial score (nSPS) is 10.8. The summed E-state index contributed by atoms with van der Waals surface area (Å²) in [5, 5.41) is 11.6. The monoisotopic (exact) mass is 396 g/mol. The zero-order chi connectivity index (χ0) is 20.6. The molecule has 0 aliphatic rings. The molecule has 0 aliphatic heterocycles. The lowest BCUT2D eigenvalue weighted by Gasteiger charge is -2.06. The maximum absolute atomic E-state index is 13.0. The van der Waals surface area contributed by atoms with E-state index < -0.39 is 5.97 Å². The van der Waals surface area contributed by atoms with Crippen LogP contribution in [-0.4, -0.2) is 46.3 Å². The molecular formula is C20H17FN4O4. The molecule has 1 heterocycles. The Morgan fingerprint density at radius 3 is 2.55 bits per heavy atom. The Hall–Kier alpha value is -3.88. The topological polar surface area (TPSA) is 95.7 Å². The van der Waals surface area contributed by atoms with Crippen LogP contribution < -0.4 is 4.74 Å². The molecule has 0 spiro atoms. The van der Waals surface area contributed by atoms with Gasteiger partial charge in [-0.15, -0.1) is 5.10 Å². The molecule has 0 unspecified atom stereocenters. The summed E-state index contributed by atoms with van der Waals surface area (Å²) >= 11 is 0. The molecule has 3 aromatic rings. The van der Waals surface area contributed by atoms with Crippen molar-refractivity contribution in [1.82, 2.24) is 15.1 Å². The van der Waals surface area contributed by atoms with Gasteiger partial charge in [0.2, 0.25) is 5.69 Å². The van der Waals surface area contributed by atoms with Crippen molar-refractivity contribution in [3.8, 4) is 5.88 Å². The lowest BCUT2D eigenvalue weighted by atomic mass is 10.1. The minimum atomic E-state index is -0.752. The highest BCUT2D eigenvalue weighted by atomic mass is 19.1. The number of hydrogen-bond donors (Lipinski definition) is 0. The van der Waals surface area contributed by atoms with Gasteiger partial charge in [-0.3, -0.25) is 4.79 Å². The molecule has 0 atom stereocenters. The summed E-state index contributed by atoms with van der Waals surface area (Å²) in [6.45, 7) is 1.43. The molecular weight excluding hydrogens is 379 g/mol. The Morgan fingerprint density at radius 1 is 1.14 bits per heavy atom. The molecule has 0 fully saturated rings. The summed E-state index contributed by atoms with van der Waals surface area (Å²) < 4.78 is 23.5. The highest BCUT2D eigenvalue weighted by Crippen LogP contribution is 2.17. The maximum atomic E-state index is 13.0. The zero-order valence-corrected chi connectivity index (χ0v) is 15.5. The predicted molar refractivity (Wildman–Crippen MR) is 102 cm³/mol. The second-order valence-electron chi connectivity index (χ2n) is 5.73. The number of ketones is 1. The smallest absolute Gasteiger partial charge is 0.364 e. The van der Waals surface area contributed by atoms with Crippen LogP contribution in [0.5, 0.6) is 5.88 Å². The fraction of sp³-hybridized carbons (Fsp3) is 0.150. The van der Waals surface area contributed by atoms with Crippen molar-refractivity contribution in [2.24, 2.45) is 5.10 Å². The van der Waals surface area contributed by atoms with Crippen LogP contribution >= 0.6 is 0 Å². The summed E-state index contributed by atoms with van der Waals surface area (Å²) in [5.74, 6) is -1.56. The molecule has 148 valence electrons. The molecule has 0 saturated carbocycles. The molecule has 0 amide bonds. The van der Waals surface area contributed by atoms with Gasteiger partial charge in [0.25, 0.3) is 5.88 Å². The Bertz CT molecular complexity index is 1020. The van der Waals surface area contributed by atoms with Gasteiger partial charge in [-0.25, -0.2) is 9.18 Å². The minimum Gasteiger partial charge on any atom is -0.466 e. The number of esters is 1. The van der Waals surface area contributed by atoms with Crippen LogP contribution in [0.2, 0.25) is 0 Å². The van der Waals surface area contributed by atoms with Crippen molar-refractivity contribution < 1.29 is 23.5 Å². The van der Waals surface area contributed by atoms with Crippen LogP contribution in [0.3, 0.4) is 0 Å². The summed E-state index contributed by atoms with van der Waals surface area (Å²) in [5.41, 5.74) is 0.842. The minimum absolute atomic E-state index is 0.132. The number of Topliss-reactive ketones (excluding diaryl/α,β-unsaturated/α-hetero) is 1. The number of aromatic nitrogens is 3. The van der Waals surface area contributed by atoms with Crippen molar-refractivity contribution >= 4 is 18.0 Å². The Labute approximate surface area is 165 Å². The summed E-state index contributed by atoms with van der Waals surface area (Å²) in [6, 6.07) is 14.2. The molecule has 9 heteroatoms. The Kier molecular flexibility index (Phi) is 6.41. The number of halogens is 1. The number of carbonyl (C=O) groups is 2. The van der Waals surface area contributed by atoms with Crippen molar-refractivity contribution in [1.29, 1.82) is 0 Å². The van der Waals surface area contributed by atoms with E-state index in [0.29, 0.717) is 11.1 Å². The second kappa shape index (κ2) is 9.36. The van der Waals surface area contributed by atoms with E-state index in [-0.39, 0.29) is 36.4 Å². The molecule has 3 rings (SSSR count). The van der Waals surface area contributed by atoms with Crippen LogP contribution in [0.15, 0.2) is 59.7 Å². The summed E-state index contributed by atoms with van der Waals surface area (Å²) in [7, 11) is 0. The first-order valence-corrected chi connectivity index (χ1v) is 8.72. The second-order valence-corrected chi connectivity index (χ2v) is 5.73. The van der Waals surface area contributed by atoms with Crippen LogP contribution in [-0.2, 0) is 4.74 Å². The van der Waals surface area contributed by atoms with Gasteiger partial charge in [0.1, 0.15) is 5.82 Å². The number of hydrogen-bond acceptors (Lipinski definition) is 7. The van der Waals surface area contributed by atoms with E-state index in [1.54, 1.807) is 37.3 Å². The highest BCUT2D eigenvalue weighted by molar-refractivity contribution is 5.97. The molecule has 29 heavy (non-hydrogen) atoms. The largest absolute Gasteiger partial charge is 0.466 e. The van der Waals surface area contributed by atoms with E-state index in [1.807, 2.05) is 0 Å². The van der Waals surface area contributed by atoms with Gasteiger partial charge in [-0.05, 0) is 29.8 Å². The fourth-order valence-corrected chi connectivity index (χ4v) is 2.31. The molecule has 0 bridgehead atoms. The molecule has 0 radical (unpaired) electrons. The van der Waals surface area contributed by atoms with E-state index in [9.17, 15) is 14.0 Å². The third-order valence-corrected chi connectivity index (χ3v) is 3.70. The van der Waals surface area contributed by atoms with Gasteiger partial charge in [0, 0.05) is 5.56 Å². The van der Waals surface area contributed by atoms with Gasteiger partial charge in [-0.1, -0.05) is 47.3 Å². The zero-order valence-electron chi connectivity index (χ0n) is 15.5. The molecule has 0 aliphatic carbocycles. The third kappa shape index (κ3) is 5.10. The van der Waals surface area contributed by atoms with Gasteiger partial charge < -0.3 is 9.47 Å². The standard InChI is InChI=1S/C20H17FN4O4/c1-2-28-20(27)18-19(29-13-17(26)15-6-4-3-5-7-15)25(24-23-18)22-12-14-8-10-16(21)11-9-14/h3-12H,2,13H2,1H3/b22-12-. The van der Waals surface area contributed by atoms with Crippen molar-refractivity contribution in [2.75, 3.05) is 13.2 Å². The highest BCUT2D eigenvalue weighted by Gasteiger charge is 2.23. The number of ether oxygens (including phenoxy) is 2. The van der Waals surface area contributed by atoms with E-state index in [1.165, 1.54) is 30.5 Å². The van der Waals surface area contributed by atoms with Crippen LogP contribution in [0, 0.1) is 5.82 Å². The fourth-order valence-electron chi connectivity index (χ4n) is 2.31. The van der Waals surface area contributed by atoms with Gasteiger partial charge in [0.15, 0.2) is 12.4 Å². The molecule has 2 aromatic carbocycles. The van der Waals surface area contributed by atoms with E-state index in [0.717, 1.165) is 4.79 Å². The quantitative estimate of drug-likeness (QED) is 0.330. The first-order chi connectivity index (χ1) is 14.1. The van der Waals surface area contributed by atoms with Crippen LogP contribution in [0.25, 0.3) is 0 Å². The predicted octanol–water partition coefficient (Wildman–Crippen LogP) is 2.74. The molecule has 1 aromatic heterocycles. The number of rotatable bonds is 8. The summed E-state index contributed by atoms with van der Waals surface area (Å²) in [4.78, 5) is 25.4. The van der Waals surface area contributed by atoms with Crippen molar-refractivity contribution in [3.05, 3.63) is 77.2 Å². The third-order valence-electron chi connectivity index (χ3n) is 3.70. The average molecular weight is 396 g/mol. The maximum Gasteiger partial charge on any atom is 0.364 e. The van der Waals surface area contributed by atoms with Crippen molar-refractivity contribution in [2.45, 2.75) is 6.92 Å². The first kappa shape index (κ1) is 19.9. The Morgan fingerprint density at radius 2 is 1.86 bits per heavy atom. The number of benzene rings is 2. The van der Waals surface area contributed by atoms with Gasteiger partial charge in [0.05, 0.1) is 12.8 Å². The SMILES string of the molecule is CCOC(=O)c1nnn(/N=C\c2ccc(F)cc2)c1OCC(=O)c1ccccc1. The average Bonchev–Trinajstić information content (AvgIpc) is 3.15. The van der Waals surface area contributed by atoms with Crippen LogP contribution in [0.4, 0.5) is 4.39 Å². The Balaban J connectivity index is 1.83. The van der Waals surface area contributed by atoms with E-state index >= 15 is 0 Å². The van der Waals surface area contributed by atoms with Crippen LogP contribution in [0.1, 0.15) is 33.3 Å². The number of nitrogens with zero attached hydrogens (tertiary/aromatic N) is 4. The van der Waals surface area contributed by atoms with E-state index in [4.69, 9.17) is 9.47 Å². The van der Waals surface area contributed by atoms with Gasteiger partial charge in [-0.2, -0.15) is 5.10 Å². The molecule has 0 saturated heterocycles.